The summed E-state index contributed by atoms with van der Waals surface area (Å²) in [5.41, 5.74) is 3.17. The van der Waals surface area contributed by atoms with Crippen LogP contribution < -0.4 is 0 Å². The van der Waals surface area contributed by atoms with Gasteiger partial charge in [0, 0.05) is 0 Å². The van der Waals surface area contributed by atoms with E-state index in [-0.39, 0.29) is 12.0 Å². The van der Waals surface area contributed by atoms with Gasteiger partial charge in [0.25, 0.3) is 0 Å². The molecule has 9 nitrogen and oxygen atoms in total. The second kappa shape index (κ2) is 24.3. The Kier molecular flexibility index (Phi) is 22.5. The van der Waals surface area contributed by atoms with E-state index in [9.17, 15) is 0 Å². The lowest BCUT2D eigenvalue weighted by atomic mass is 9.72. The first kappa shape index (κ1) is 37.9. The van der Waals surface area contributed by atoms with E-state index in [4.69, 9.17) is 43.0 Å². The lowest BCUT2D eigenvalue weighted by Crippen LogP contribution is -2.24. The minimum atomic E-state index is 0.0309. The van der Waals surface area contributed by atoms with E-state index in [1.807, 2.05) is 0 Å². The summed E-state index contributed by atoms with van der Waals surface area (Å²) in [4.78, 5) is 0. The highest BCUT2D eigenvalue weighted by Gasteiger charge is 2.27. The first-order valence-corrected chi connectivity index (χ1v) is 15.1. The van der Waals surface area contributed by atoms with Crippen molar-refractivity contribution < 1.29 is 43.0 Å². The van der Waals surface area contributed by atoms with Gasteiger partial charge in [-0.15, -0.1) is 0 Å². The summed E-state index contributed by atoms with van der Waals surface area (Å²) < 4.78 is 43.6. The molecular weight excluding hydrogens is 528 g/mol. The molecule has 1 aromatic rings. The van der Waals surface area contributed by atoms with Crippen LogP contribution in [-0.2, 0) is 49.7 Å². The van der Waals surface area contributed by atoms with Crippen LogP contribution >= 0.6 is 0 Å². The highest BCUT2D eigenvalue weighted by molar-refractivity contribution is 5.28. The quantitative estimate of drug-likeness (QED) is 0.146. The van der Waals surface area contributed by atoms with Gasteiger partial charge in [-0.25, -0.2) is 0 Å². The molecule has 1 rings (SSSR count). The van der Waals surface area contributed by atoms with E-state index < -0.39 is 0 Å². The second-order valence-corrected chi connectivity index (χ2v) is 11.7. The van der Waals surface area contributed by atoms with Crippen LogP contribution in [-0.4, -0.2) is 117 Å². The molecule has 0 heterocycles. The zero-order valence-electron chi connectivity index (χ0n) is 26.5. The maximum atomic E-state index is 8.58. The first-order chi connectivity index (χ1) is 19.7. The Morgan fingerprint density at radius 2 is 0.780 bits per heavy atom. The Morgan fingerprint density at radius 3 is 1.10 bits per heavy atom. The van der Waals surface area contributed by atoms with Crippen molar-refractivity contribution in [3.63, 3.8) is 0 Å². The van der Waals surface area contributed by atoms with Crippen molar-refractivity contribution in [2.45, 2.75) is 52.9 Å². The molecule has 0 atom stereocenters. The van der Waals surface area contributed by atoms with Gasteiger partial charge >= 0.3 is 0 Å². The molecule has 240 valence electrons. The van der Waals surface area contributed by atoms with Gasteiger partial charge in [0.15, 0.2) is 0 Å². The molecule has 0 fully saturated rings. The summed E-state index contributed by atoms with van der Waals surface area (Å²) in [6, 6.07) is 8.98. The molecule has 0 spiro atoms. The van der Waals surface area contributed by atoms with Crippen LogP contribution in [0.2, 0.25) is 0 Å². The smallest absolute Gasteiger partial charge is 0.0701 e. The monoisotopic (exact) mass is 586 g/mol. The fourth-order valence-corrected chi connectivity index (χ4v) is 4.45. The van der Waals surface area contributed by atoms with Crippen LogP contribution in [0.5, 0.6) is 0 Å². The van der Waals surface area contributed by atoms with Gasteiger partial charge in [0.2, 0.25) is 0 Å². The highest BCUT2D eigenvalue weighted by atomic mass is 16.6. The fraction of sp³-hybridized carbons (Fsp3) is 0.812. The van der Waals surface area contributed by atoms with E-state index in [0.717, 1.165) is 12.8 Å². The molecule has 0 aliphatic rings. The van der Waals surface area contributed by atoms with Gasteiger partial charge < -0.3 is 43.0 Å². The zero-order chi connectivity index (χ0) is 30.1. The number of hydrogen-bond acceptors (Lipinski definition) is 9. The van der Waals surface area contributed by atoms with Gasteiger partial charge in [0.1, 0.15) is 0 Å². The van der Waals surface area contributed by atoms with Gasteiger partial charge in [-0.05, 0) is 34.8 Å². The van der Waals surface area contributed by atoms with Gasteiger partial charge in [-0.1, -0.05) is 58.9 Å². The molecular formula is C32H58O9. The molecule has 0 bridgehead atoms. The number of ether oxygens (including phenoxy) is 8. The van der Waals surface area contributed by atoms with Crippen molar-refractivity contribution in [3.05, 3.63) is 35.4 Å². The zero-order valence-corrected chi connectivity index (χ0v) is 26.5. The number of rotatable bonds is 28. The Balaban J connectivity index is 1.81. The number of benzene rings is 1. The number of aliphatic hydroxyl groups is 1. The normalized spacial score (nSPS) is 12.3. The average Bonchev–Trinajstić information content (AvgIpc) is 2.92. The molecule has 0 aliphatic heterocycles. The lowest BCUT2D eigenvalue weighted by Gasteiger charge is -2.33. The molecule has 1 N–H and O–H groups in total. The third-order valence-electron chi connectivity index (χ3n) is 6.08. The lowest BCUT2D eigenvalue weighted by molar-refractivity contribution is -0.0237. The van der Waals surface area contributed by atoms with Crippen molar-refractivity contribution in [2.75, 3.05) is 112 Å². The van der Waals surface area contributed by atoms with Crippen molar-refractivity contribution in [1.82, 2.24) is 0 Å². The van der Waals surface area contributed by atoms with E-state index >= 15 is 0 Å². The SMILES string of the molecule is CC(C)(C)CC(C)(C)c1ccc(CCOCCOCCOCCOCCOCCOCCOCCOCCO)cc1. The summed E-state index contributed by atoms with van der Waals surface area (Å²) in [5, 5.41) is 8.58. The molecule has 1 aromatic carbocycles. The van der Waals surface area contributed by atoms with Crippen molar-refractivity contribution >= 4 is 0 Å². The minimum absolute atomic E-state index is 0.0309. The third kappa shape index (κ3) is 23.0. The molecule has 41 heavy (non-hydrogen) atoms. The van der Waals surface area contributed by atoms with Gasteiger partial charge in [0.05, 0.1) is 112 Å². The van der Waals surface area contributed by atoms with Crippen LogP contribution in [0.4, 0.5) is 0 Å². The van der Waals surface area contributed by atoms with Crippen molar-refractivity contribution in [1.29, 1.82) is 0 Å². The Hall–Kier alpha value is -1.14. The molecule has 0 amide bonds. The Morgan fingerprint density at radius 1 is 0.463 bits per heavy atom. The number of hydrogen-bond donors (Lipinski definition) is 1. The van der Waals surface area contributed by atoms with Crippen molar-refractivity contribution in [2.24, 2.45) is 5.41 Å². The molecule has 0 saturated heterocycles. The summed E-state index contributed by atoms with van der Waals surface area (Å²) >= 11 is 0. The summed E-state index contributed by atoms with van der Waals surface area (Å²) in [5.74, 6) is 0. The minimum Gasteiger partial charge on any atom is -0.394 e. The summed E-state index contributed by atoms with van der Waals surface area (Å²) in [7, 11) is 0. The molecule has 0 saturated carbocycles. The van der Waals surface area contributed by atoms with Crippen LogP contribution in [0.3, 0.4) is 0 Å². The average molecular weight is 587 g/mol. The third-order valence-corrected chi connectivity index (χ3v) is 6.08. The van der Waals surface area contributed by atoms with E-state index in [1.54, 1.807) is 0 Å². The second-order valence-electron chi connectivity index (χ2n) is 11.7. The Bertz CT molecular complexity index is 704. The topological polar surface area (TPSA) is 94.1 Å². The molecule has 0 aliphatic carbocycles. The largest absolute Gasteiger partial charge is 0.394 e. The number of aliphatic hydroxyl groups excluding tert-OH is 1. The molecule has 0 unspecified atom stereocenters. The van der Waals surface area contributed by atoms with Gasteiger partial charge in [-0.2, -0.15) is 0 Å². The van der Waals surface area contributed by atoms with Gasteiger partial charge in [-0.3, -0.25) is 0 Å². The van der Waals surface area contributed by atoms with Crippen LogP contribution in [0.15, 0.2) is 24.3 Å². The predicted molar refractivity (Wildman–Crippen MR) is 161 cm³/mol. The van der Waals surface area contributed by atoms with Crippen molar-refractivity contribution in [3.8, 4) is 0 Å². The molecule has 0 radical (unpaired) electrons. The van der Waals surface area contributed by atoms with Crippen LogP contribution in [0.1, 0.15) is 52.2 Å². The summed E-state index contributed by atoms with van der Waals surface area (Å²) in [6.45, 7) is 20.0. The van der Waals surface area contributed by atoms with E-state index in [2.05, 4.69) is 58.9 Å². The van der Waals surface area contributed by atoms with Crippen LogP contribution in [0, 0.1) is 5.41 Å². The summed E-state index contributed by atoms with van der Waals surface area (Å²) in [6.07, 6.45) is 2.06. The van der Waals surface area contributed by atoms with Crippen LogP contribution in [0.25, 0.3) is 0 Å². The molecule has 9 heteroatoms. The highest BCUT2D eigenvalue weighted by Crippen LogP contribution is 2.36. The predicted octanol–water partition coefficient (Wildman–Crippen LogP) is 4.07. The van der Waals surface area contributed by atoms with E-state index in [0.29, 0.717) is 111 Å². The first-order valence-electron chi connectivity index (χ1n) is 15.1. The molecule has 0 aromatic heterocycles. The maximum Gasteiger partial charge on any atom is 0.0701 e. The Labute approximate surface area is 249 Å². The fourth-order valence-electron chi connectivity index (χ4n) is 4.45. The maximum absolute atomic E-state index is 8.58. The van der Waals surface area contributed by atoms with E-state index in [1.165, 1.54) is 11.1 Å². The standard InChI is InChI=1S/C32H58O9/c1-31(2,3)28-32(4,5)30-8-6-29(7-9-30)10-12-34-14-16-36-18-20-38-22-24-40-26-27-41-25-23-39-21-19-37-17-15-35-13-11-33/h6-9,33H,10-28H2,1-5H3.